The summed E-state index contributed by atoms with van der Waals surface area (Å²) in [4.78, 5) is 16.4. The van der Waals surface area contributed by atoms with Crippen LogP contribution in [0.15, 0.2) is 30.5 Å². The first kappa shape index (κ1) is 16.5. The number of hydrogen-bond acceptors (Lipinski definition) is 4. The molecule has 0 saturated carbocycles. The van der Waals surface area contributed by atoms with E-state index in [0.29, 0.717) is 12.3 Å². The largest absolute Gasteiger partial charge is 0.368 e. The van der Waals surface area contributed by atoms with E-state index in [4.69, 9.17) is 4.74 Å². The van der Waals surface area contributed by atoms with Gasteiger partial charge in [0.1, 0.15) is 11.9 Å². The number of aromatic nitrogens is 1. The molecule has 2 N–H and O–H groups in total. The number of rotatable bonds is 4. The van der Waals surface area contributed by atoms with E-state index in [2.05, 4.69) is 48.5 Å². The van der Waals surface area contributed by atoms with Crippen molar-refractivity contribution < 1.29 is 9.53 Å². The van der Waals surface area contributed by atoms with E-state index in [9.17, 15) is 4.79 Å². The molecule has 1 aliphatic rings. The highest BCUT2D eigenvalue weighted by Gasteiger charge is 2.23. The quantitative estimate of drug-likeness (QED) is 0.896. The van der Waals surface area contributed by atoms with Gasteiger partial charge in [0.2, 0.25) is 0 Å². The molecule has 5 nitrogen and oxygen atoms in total. The molecule has 1 unspecified atom stereocenters. The summed E-state index contributed by atoms with van der Waals surface area (Å²) in [5, 5.41) is 6.21. The topological polar surface area (TPSA) is 63.2 Å². The lowest BCUT2D eigenvalue weighted by atomic mass is 10.1. The van der Waals surface area contributed by atoms with Crippen LogP contribution in [-0.4, -0.2) is 23.6 Å². The summed E-state index contributed by atoms with van der Waals surface area (Å²) in [5.41, 5.74) is 5.37. The number of benzene rings is 1. The minimum atomic E-state index is -0.333. The van der Waals surface area contributed by atoms with Crippen molar-refractivity contribution in [2.45, 2.75) is 39.7 Å². The summed E-state index contributed by atoms with van der Waals surface area (Å²) in [6.45, 7) is 6.92. The zero-order chi connectivity index (χ0) is 17.1. The van der Waals surface area contributed by atoms with Crippen LogP contribution in [0.1, 0.15) is 29.5 Å². The molecule has 1 aromatic carbocycles. The SMILES string of the molecule is Cc1cc(C)c(Nc2ccc(NC(=O)C3CCCO3)cn2)c(C)c1. The molecule has 1 saturated heterocycles. The Kier molecular flexibility index (Phi) is 4.81. The summed E-state index contributed by atoms with van der Waals surface area (Å²) in [6, 6.07) is 8.00. The molecule has 3 rings (SSSR count). The number of hydrogen-bond donors (Lipinski definition) is 2. The van der Waals surface area contributed by atoms with E-state index in [-0.39, 0.29) is 12.0 Å². The molecule has 1 aliphatic heterocycles. The first-order chi connectivity index (χ1) is 11.5. The number of aryl methyl sites for hydroxylation is 3. The van der Waals surface area contributed by atoms with Gasteiger partial charge in [-0.3, -0.25) is 4.79 Å². The zero-order valence-electron chi connectivity index (χ0n) is 14.3. The van der Waals surface area contributed by atoms with Gasteiger partial charge >= 0.3 is 0 Å². The van der Waals surface area contributed by atoms with Crippen molar-refractivity contribution in [2.24, 2.45) is 0 Å². The van der Waals surface area contributed by atoms with Gasteiger partial charge in [0, 0.05) is 12.3 Å². The Balaban J connectivity index is 1.67. The fraction of sp³-hybridized carbons (Fsp3) is 0.368. The normalized spacial score (nSPS) is 16.9. The lowest BCUT2D eigenvalue weighted by Crippen LogP contribution is -2.26. The molecule has 126 valence electrons. The van der Waals surface area contributed by atoms with E-state index in [0.717, 1.165) is 24.3 Å². The molecule has 1 amide bonds. The van der Waals surface area contributed by atoms with Crippen LogP contribution in [0.5, 0.6) is 0 Å². The number of carbonyl (C=O) groups excluding carboxylic acids is 1. The molecule has 2 heterocycles. The van der Waals surface area contributed by atoms with Crippen LogP contribution in [0, 0.1) is 20.8 Å². The predicted molar refractivity (Wildman–Crippen MR) is 95.8 cm³/mol. The Morgan fingerprint density at radius 3 is 2.54 bits per heavy atom. The molecule has 0 radical (unpaired) electrons. The second-order valence-electron chi connectivity index (χ2n) is 6.32. The van der Waals surface area contributed by atoms with Gasteiger partial charge in [-0.15, -0.1) is 0 Å². The minimum Gasteiger partial charge on any atom is -0.368 e. The highest BCUT2D eigenvalue weighted by molar-refractivity contribution is 5.94. The molecule has 0 bridgehead atoms. The molecule has 1 atom stereocenters. The van der Waals surface area contributed by atoms with Crippen molar-refractivity contribution in [1.29, 1.82) is 0 Å². The van der Waals surface area contributed by atoms with Crippen LogP contribution in [0.2, 0.25) is 0 Å². The summed E-state index contributed by atoms with van der Waals surface area (Å²) in [6.07, 6.45) is 3.05. The summed E-state index contributed by atoms with van der Waals surface area (Å²) in [5.74, 6) is 0.653. The Bertz CT molecular complexity index is 712. The van der Waals surface area contributed by atoms with Gasteiger partial charge in [-0.05, 0) is 56.9 Å². The monoisotopic (exact) mass is 325 g/mol. The number of amides is 1. The van der Waals surface area contributed by atoms with Crippen LogP contribution < -0.4 is 10.6 Å². The molecular weight excluding hydrogens is 302 g/mol. The van der Waals surface area contributed by atoms with Gasteiger partial charge in [-0.2, -0.15) is 0 Å². The van der Waals surface area contributed by atoms with Gasteiger partial charge in [-0.25, -0.2) is 4.98 Å². The summed E-state index contributed by atoms with van der Waals surface area (Å²) in [7, 11) is 0. The molecule has 5 heteroatoms. The minimum absolute atomic E-state index is 0.0970. The van der Waals surface area contributed by atoms with Crippen LogP contribution in [-0.2, 0) is 9.53 Å². The van der Waals surface area contributed by atoms with Crippen molar-refractivity contribution in [1.82, 2.24) is 4.98 Å². The Hall–Kier alpha value is -2.40. The summed E-state index contributed by atoms with van der Waals surface area (Å²) < 4.78 is 5.38. The molecule has 24 heavy (non-hydrogen) atoms. The molecule has 2 aromatic rings. The molecule has 1 aromatic heterocycles. The van der Waals surface area contributed by atoms with Crippen LogP contribution >= 0.6 is 0 Å². The third-order valence-electron chi connectivity index (χ3n) is 4.18. The molecule has 0 spiro atoms. The number of anilines is 3. The average molecular weight is 325 g/mol. The smallest absolute Gasteiger partial charge is 0.253 e. The van der Waals surface area contributed by atoms with Crippen molar-refractivity contribution in [3.63, 3.8) is 0 Å². The van der Waals surface area contributed by atoms with Gasteiger partial charge in [-0.1, -0.05) is 17.7 Å². The number of carbonyl (C=O) groups is 1. The fourth-order valence-corrected chi connectivity index (χ4v) is 3.05. The lowest BCUT2D eigenvalue weighted by molar-refractivity contribution is -0.124. The Morgan fingerprint density at radius 2 is 1.96 bits per heavy atom. The standard InChI is InChI=1S/C19H23N3O2/c1-12-9-13(2)18(14(3)10-12)22-17-7-6-15(11-20-17)21-19(23)16-5-4-8-24-16/h6-7,9-11,16H,4-5,8H2,1-3H3,(H,20,22)(H,21,23). The van der Waals surface area contributed by atoms with Crippen molar-refractivity contribution in [2.75, 3.05) is 17.2 Å². The zero-order valence-corrected chi connectivity index (χ0v) is 14.3. The van der Waals surface area contributed by atoms with E-state index in [1.165, 1.54) is 16.7 Å². The number of ether oxygens (including phenoxy) is 1. The molecular formula is C19H23N3O2. The molecule has 1 fully saturated rings. The van der Waals surface area contributed by atoms with Gasteiger partial charge < -0.3 is 15.4 Å². The van der Waals surface area contributed by atoms with Crippen molar-refractivity contribution >= 4 is 23.1 Å². The Labute approximate surface area is 142 Å². The first-order valence-electron chi connectivity index (χ1n) is 8.26. The third kappa shape index (κ3) is 3.74. The maximum Gasteiger partial charge on any atom is 0.253 e. The second kappa shape index (κ2) is 7.01. The van der Waals surface area contributed by atoms with Gasteiger partial charge in [0.05, 0.1) is 11.9 Å². The lowest BCUT2D eigenvalue weighted by Gasteiger charge is -2.14. The van der Waals surface area contributed by atoms with E-state index < -0.39 is 0 Å². The second-order valence-corrected chi connectivity index (χ2v) is 6.32. The van der Waals surface area contributed by atoms with E-state index in [1.54, 1.807) is 6.20 Å². The van der Waals surface area contributed by atoms with Crippen LogP contribution in [0.3, 0.4) is 0 Å². The average Bonchev–Trinajstić information content (AvgIpc) is 3.07. The predicted octanol–water partition coefficient (Wildman–Crippen LogP) is 3.87. The van der Waals surface area contributed by atoms with Gasteiger partial charge in [0.25, 0.3) is 5.91 Å². The third-order valence-corrected chi connectivity index (χ3v) is 4.18. The summed E-state index contributed by atoms with van der Waals surface area (Å²) >= 11 is 0. The number of pyridine rings is 1. The Morgan fingerprint density at radius 1 is 1.21 bits per heavy atom. The number of nitrogens with one attached hydrogen (secondary N) is 2. The van der Waals surface area contributed by atoms with Crippen molar-refractivity contribution in [3.05, 3.63) is 47.2 Å². The highest BCUT2D eigenvalue weighted by Crippen LogP contribution is 2.25. The molecule has 0 aliphatic carbocycles. The van der Waals surface area contributed by atoms with Gasteiger partial charge in [0.15, 0.2) is 0 Å². The maximum absolute atomic E-state index is 12.0. The van der Waals surface area contributed by atoms with E-state index >= 15 is 0 Å². The highest BCUT2D eigenvalue weighted by atomic mass is 16.5. The van der Waals surface area contributed by atoms with Crippen LogP contribution in [0.25, 0.3) is 0 Å². The van der Waals surface area contributed by atoms with Crippen LogP contribution in [0.4, 0.5) is 17.2 Å². The number of nitrogens with zero attached hydrogens (tertiary/aromatic N) is 1. The van der Waals surface area contributed by atoms with E-state index in [1.807, 2.05) is 12.1 Å². The fourth-order valence-electron chi connectivity index (χ4n) is 3.05. The van der Waals surface area contributed by atoms with Crippen molar-refractivity contribution in [3.8, 4) is 0 Å². The first-order valence-corrected chi connectivity index (χ1v) is 8.26. The maximum atomic E-state index is 12.0.